The first-order chi connectivity index (χ1) is 7.17. The average Bonchev–Trinajstić information content (AvgIpc) is 2.55. The number of furan rings is 1. The van der Waals surface area contributed by atoms with Crippen LogP contribution in [0.1, 0.15) is 17.1 Å². The molecule has 0 atom stereocenters. The molecular formula is C11H20N2OS. The standard InChI is InChI=1S/C11H20N2OS/c1-9-10(7-12)6-11(14-9)8-13(2)4-5-15-3/h6H,4-5,7-8,12H2,1-3H3. The van der Waals surface area contributed by atoms with Crippen molar-refractivity contribution in [3.05, 3.63) is 23.2 Å². The van der Waals surface area contributed by atoms with Gasteiger partial charge in [-0.2, -0.15) is 11.8 Å². The molecule has 0 saturated heterocycles. The molecule has 0 aliphatic heterocycles. The summed E-state index contributed by atoms with van der Waals surface area (Å²) in [6.45, 7) is 4.47. The van der Waals surface area contributed by atoms with Crippen molar-refractivity contribution in [3.63, 3.8) is 0 Å². The molecule has 0 spiro atoms. The Morgan fingerprint density at radius 3 is 2.80 bits per heavy atom. The van der Waals surface area contributed by atoms with Gasteiger partial charge in [0, 0.05) is 24.4 Å². The summed E-state index contributed by atoms with van der Waals surface area (Å²) in [5.74, 6) is 3.11. The summed E-state index contributed by atoms with van der Waals surface area (Å²) in [6, 6.07) is 2.06. The smallest absolute Gasteiger partial charge is 0.118 e. The van der Waals surface area contributed by atoms with Gasteiger partial charge in [-0.15, -0.1) is 0 Å². The van der Waals surface area contributed by atoms with Crippen LogP contribution in [0.5, 0.6) is 0 Å². The van der Waals surface area contributed by atoms with Crippen LogP contribution in [0.3, 0.4) is 0 Å². The van der Waals surface area contributed by atoms with Gasteiger partial charge in [-0.1, -0.05) is 0 Å². The maximum Gasteiger partial charge on any atom is 0.118 e. The van der Waals surface area contributed by atoms with E-state index in [0.29, 0.717) is 6.54 Å². The summed E-state index contributed by atoms with van der Waals surface area (Å²) in [7, 11) is 2.11. The second kappa shape index (κ2) is 6.20. The van der Waals surface area contributed by atoms with Gasteiger partial charge in [0.15, 0.2) is 0 Å². The van der Waals surface area contributed by atoms with E-state index in [1.165, 1.54) is 0 Å². The van der Waals surface area contributed by atoms with Crippen molar-refractivity contribution in [2.24, 2.45) is 5.73 Å². The zero-order chi connectivity index (χ0) is 11.3. The largest absolute Gasteiger partial charge is 0.465 e. The highest BCUT2D eigenvalue weighted by Crippen LogP contribution is 2.15. The molecule has 0 radical (unpaired) electrons. The fourth-order valence-electron chi connectivity index (χ4n) is 1.46. The second-order valence-electron chi connectivity index (χ2n) is 3.73. The molecule has 0 amide bonds. The van der Waals surface area contributed by atoms with Crippen molar-refractivity contribution in [2.75, 3.05) is 25.6 Å². The monoisotopic (exact) mass is 228 g/mol. The SMILES string of the molecule is CSCCN(C)Cc1cc(CN)c(C)o1. The van der Waals surface area contributed by atoms with Crippen molar-refractivity contribution < 1.29 is 4.42 Å². The highest BCUT2D eigenvalue weighted by atomic mass is 32.2. The fraction of sp³-hybridized carbons (Fsp3) is 0.636. The molecule has 2 N–H and O–H groups in total. The van der Waals surface area contributed by atoms with Gasteiger partial charge in [0.05, 0.1) is 6.54 Å². The lowest BCUT2D eigenvalue weighted by Crippen LogP contribution is -2.20. The Morgan fingerprint density at radius 1 is 1.53 bits per heavy atom. The van der Waals surface area contributed by atoms with Crippen LogP contribution in [-0.4, -0.2) is 30.5 Å². The maximum absolute atomic E-state index is 5.63. The van der Waals surface area contributed by atoms with Crippen molar-refractivity contribution in [2.45, 2.75) is 20.0 Å². The summed E-state index contributed by atoms with van der Waals surface area (Å²) < 4.78 is 5.63. The van der Waals surface area contributed by atoms with Crippen LogP contribution >= 0.6 is 11.8 Å². The Morgan fingerprint density at radius 2 is 2.27 bits per heavy atom. The molecule has 0 aromatic carbocycles. The van der Waals surface area contributed by atoms with E-state index in [0.717, 1.165) is 35.9 Å². The molecule has 3 nitrogen and oxygen atoms in total. The number of thioether (sulfide) groups is 1. The first-order valence-electron chi connectivity index (χ1n) is 5.13. The van der Waals surface area contributed by atoms with Gasteiger partial charge in [-0.25, -0.2) is 0 Å². The molecular weight excluding hydrogens is 208 g/mol. The number of rotatable bonds is 6. The first-order valence-corrected chi connectivity index (χ1v) is 6.52. The number of nitrogens with two attached hydrogens (primary N) is 1. The Labute approximate surface area is 96.0 Å². The van der Waals surface area contributed by atoms with Gasteiger partial charge in [0.2, 0.25) is 0 Å². The maximum atomic E-state index is 5.63. The van der Waals surface area contributed by atoms with Crippen molar-refractivity contribution in [1.29, 1.82) is 0 Å². The summed E-state index contributed by atoms with van der Waals surface area (Å²) in [6.07, 6.45) is 2.12. The van der Waals surface area contributed by atoms with E-state index in [1.807, 2.05) is 18.7 Å². The van der Waals surface area contributed by atoms with Crippen molar-refractivity contribution in [3.8, 4) is 0 Å². The normalized spacial score (nSPS) is 11.3. The minimum absolute atomic E-state index is 0.559. The number of nitrogens with zero attached hydrogens (tertiary/aromatic N) is 1. The molecule has 0 saturated carbocycles. The van der Waals surface area contributed by atoms with E-state index in [9.17, 15) is 0 Å². The number of hydrogen-bond acceptors (Lipinski definition) is 4. The Kier molecular flexibility index (Phi) is 5.22. The molecule has 4 heteroatoms. The zero-order valence-corrected chi connectivity index (χ0v) is 10.6. The molecule has 1 rings (SSSR count). The molecule has 1 aromatic rings. The fourth-order valence-corrected chi connectivity index (χ4v) is 1.95. The van der Waals surface area contributed by atoms with E-state index < -0.39 is 0 Å². The van der Waals surface area contributed by atoms with Crippen LogP contribution in [0.25, 0.3) is 0 Å². The lowest BCUT2D eigenvalue weighted by atomic mass is 10.2. The predicted molar refractivity (Wildman–Crippen MR) is 66.1 cm³/mol. The minimum atomic E-state index is 0.559. The third kappa shape index (κ3) is 3.89. The van der Waals surface area contributed by atoms with E-state index in [4.69, 9.17) is 10.2 Å². The van der Waals surface area contributed by atoms with Crippen LogP contribution in [0.4, 0.5) is 0 Å². The molecule has 1 aromatic heterocycles. The van der Waals surface area contributed by atoms with E-state index in [-0.39, 0.29) is 0 Å². The summed E-state index contributed by atoms with van der Waals surface area (Å²) in [4.78, 5) is 2.26. The van der Waals surface area contributed by atoms with Gasteiger partial charge in [-0.05, 0) is 26.3 Å². The molecule has 0 aliphatic carbocycles. The van der Waals surface area contributed by atoms with Crippen LogP contribution < -0.4 is 5.73 Å². The van der Waals surface area contributed by atoms with Crippen LogP contribution in [0.15, 0.2) is 10.5 Å². The lowest BCUT2D eigenvalue weighted by Gasteiger charge is -2.13. The van der Waals surface area contributed by atoms with Crippen LogP contribution in [0.2, 0.25) is 0 Å². The number of aryl methyl sites for hydroxylation is 1. The van der Waals surface area contributed by atoms with E-state index in [2.05, 4.69) is 24.3 Å². The second-order valence-corrected chi connectivity index (χ2v) is 4.71. The number of hydrogen-bond donors (Lipinski definition) is 1. The Balaban J connectivity index is 2.49. The van der Waals surface area contributed by atoms with Crippen molar-refractivity contribution in [1.82, 2.24) is 4.90 Å². The molecule has 1 heterocycles. The van der Waals surface area contributed by atoms with E-state index >= 15 is 0 Å². The highest BCUT2D eigenvalue weighted by Gasteiger charge is 2.07. The molecule has 0 bridgehead atoms. The van der Waals surface area contributed by atoms with Crippen LogP contribution in [0, 0.1) is 6.92 Å². The van der Waals surface area contributed by atoms with Gasteiger partial charge in [0.25, 0.3) is 0 Å². The van der Waals surface area contributed by atoms with E-state index in [1.54, 1.807) is 0 Å². The summed E-state index contributed by atoms with van der Waals surface area (Å²) >= 11 is 1.86. The van der Waals surface area contributed by atoms with Crippen molar-refractivity contribution >= 4 is 11.8 Å². The third-order valence-electron chi connectivity index (χ3n) is 2.39. The Hall–Kier alpha value is -0.450. The summed E-state index contributed by atoms with van der Waals surface area (Å²) in [5, 5.41) is 0. The molecule has 0 unspecified atom stereocenters. The lowest BCUT2D eigenvalue weighted by molar-refractivity contribution is 0.308. The summed E-state index contributed by atoms with van der Waals surface area (Å²) in [5.41, 5.74) is 6.71. The van der Waals surface area contributed by atoms with Gasteiger partial charge >= 0.3 is 0 Å². The Bertz CT molecular complexity index is 299. The molecule has 15 heavy (non-hydrogen) atoms. The average molecular weight is 228 g/mol. The van der Waals surface area contributed by atoms with Gasteiger partial charge in [-0.3, -0.25) is 4.90 Å². The predicted octanol–water partition coefficient (Wildman–Crippen LogP) is 1.84. The molecule has 0 aliphatic rings. The highest BCUT2D eigenvalue weighted by molar-refractivity contribution is 7.98. The zero-order valence-electron chi connectivity index (χ0n) is 9.75. The topological polar surface area (TPSA) is 42.4 Å². The first kappa shape index (κ1) is 12.6. The minimum Gasteiger partial charge on any atom is -0.465 e. The molecule has 86 valence electrons. The molecule has 0 fully saturated rings. The van der Waals surface area contributed by atoms with Gasteiger partial charge in [0.1, 0.15) is 11.5 Å². The third-order valence-corrected chi connectivity index (χ3v) is 2.99. The quantitative estimate of drug-likeness (QED) is 0.807. The van der Waals surface area contributed by atoms with Crippen LogP contribution in [-0.2, 0) is 13.1 Å². The van der Waals surface area contributed by atoms with Gasteiger partial charge < -0.3 is 10.2 Å².